The molecule has 0 spiro atoms. The molecule has 9 nitrogen and oxygen atoms in total. The van der Waals surface area contributed by atoms with Gasteiger partial charge < -0.3 is 0 Å². The van der Waals surface area contributed by atoms with Crippen LogP contribution >= 0.6 is 0 Å². The van der Waals surface area contributed by atoms with Gasteiger partial charge in [-0.1, -0.05) is 0 Å². The van der Waals surface area contributed by atoms with Crippen LogP contribution in [-0.2, 0) is 0 Å². The minimum absolute atomic E-state index is 0.0356. The van der Waals surface area contributed by atoms with Gasteiger partial charge in [-0.3, -0.25) is 30.1 Å². The number of benzene rings is 1. The van der Waals surface area contributed by atoms with E-state index in [0.717, 1.165) is 0 Å². The maximum Gasteiger partial charge on any atom is 0.292 e. The predicted octanol–water partition coefficient (Wildman–Crippen LogP) is 3.09. The normalized spacial score (nSPS) is 11.0. The number of non-ortho nitro benzene ring substituents is 1. The van der Waals surface area contributed by atoms with E-state index in [1.165, 1.54) is 24.3 Å². The van der Waals surface area contributed by atoms with Crippen LogP contribution in [0.5, 0.6) is 0 Å². The van der Waals surface area contributed by atoms with E-state index in [1.54, 1.807) is 24.5 Å². The molecule has 0 bridgehead atoms. The van der Waals surface area contributed by atoms with Crippen molar-refractivity contribution in [3.63, 3.8) is 0 Å². The summed E-state index contributed by atoms with van der Waals surface area (Å²) in [6, 6.07) is 9.06. The van der Waals surface area contributed by atoms with Crippen molar-refractivity contribution < 1.29 is 4.92 Å². The van der Waals surface area contributed by atoms with Crippen molar-refractivity contribution in [1.29, 1.82) is 0 Å². The minimum Gasteiger partial charge on any atom is -0.295 e. The van der Waals surface area contributed by atoms with Gasteiger partial charge in [0.15, 0.2) is 5.69 Å². The smallest absolute Gasteiger partial charge is 0.292 e. The first-order valence-electron chi connectivity index (χ1n) is 6.52. The Bertz CT molecular complexity index is 912. The zero-order chi connectivity index (χ0) is 16.2. The lowest BCUT2D eigenvalue weighted by molar-refractivity contribution is -0.384. The maximum atomic E-state index is 11.8. The van der Waals surface area contributed by atoms with Gasteiger partial charge in [-0.25, -0.2) is 0 Å². The molecular weight excluding hydrogens is 300 g/mol. The first kappa shape index (κ1) is 14.3. The van der Waals surface area contributed by atoms with Crippen molar-refractivity contribution in [3.8, 4) is 11.3 Å². The number of pyridine rings is 1. The number of nitrogens with zero attached hydrogens (tertiary/aromatic N) is 4. The molecule has 1 aromatic carbocycles. The Labute approximate surface area is 128 Å². The SMILES string of the molecule is O=c1[nH][nH]c(-c2ccc([N+](=O)[O-])cc2)c1N=Nc1ccncc1. The molecule has 3 aromatic rings. The second-order valence-corrected chi connectivity index (χ2v) is 4.51. The van der Waals surface area contributed by atoms with E-state index >= 15 is 0 Å². The van der Waals surface area contributed by atoms with Gasteiger partial charge in [-0.05, 0) is 24.3 Å². The Morgan fingerprint density at radius 2 is 1.70 bits per heavy atom. The highest BCUT2D eigenvalue weighted by Crippen LogP contribution is 2.27. The molecule has 0 saturated heterocycles. The summed E-state index contributed by atoms with van der Waals surface area (Å²) in [5.41, 5.74) is 1.16. The van der Waals surface area contributed by atoms with E-state index in [4.69, 9.17) is 0 Å². The van der Waals surface area contributed by atoms with Gasteiger partial charge in [0.2, 0.25) is 0 Å². The number of rotatable bonds is 4. The number of aromatic amines is 2. The van der Waals surface area contributed by atoms with E-state index in [-0.39, 0.29) is 11.4 Å². The molecule has 23 heavy (non-hydrogen) atoms. The van der Waals surface area contributed by atoms with Crippen LogP contribution in [0.4, 0.5) is 17.1 Å². The summed E-state index contributed by atoms with van der Waals surface area (Å²) in [6.45, 7) is 0. The van der Waals surface area contributed by atoms with Crippen LogP contribution in [0.1, 0.15) is 0 Å². The molecule has 2 aromatic heterocycles. The largest absolute Gasteiger partial charge is 0.295 e. The third kappa shape index (κ3) is 3.02. The van der Waals surface area contributed by atoms with E-state index in [9.17, 15) is 14.9 Å². The second-order valence-electron chi connectivity index (χ2n) is 4.51. The molecule has 0 radical (unpaired) electrons. The molecular formula is C14H10N6O3. The third-order valence-electron chi connectivity index (χ3n) is 3.05. The molecule has 9 heteroatoms. The first-order valence-corrected chi connectivity index (χ1v) is 6.52. The number of azo groups is 1. The zero-order valence-electron chi connectivity index (χ0n) is 11.6. The Kier molecular flexibility index (Phi) is 3.75. The van der Waals surface area contributed by atoms with Crippen molar-refractivity contribution in [2.75, 3.05) is 0 Å². The van der Waals surface area contributed by atoms with Gasteiger partial charge in [-0.15, -0.1) is 5.11 Å². The van der Waals surface area contributed by atoms with Crippen molar-refractivity contribution in [3.05, 3.63) is 69.3 Å². The fraction of sp³-hybridized carbons (Fsp3) is 0. The molecule has 0 aliphatic carbocycles. The molecule has 0 fully saturated rings. The molecule has 0 unspecified atom stereocenters. The molecule has 0 aliphatic rings. The summed E-state index contributed by atoms with van der Waals surface area (Å²) in [5.74, 6) is 0. The Hall–Kier alpha value is -3.62. The molecule has 0 saturated carbocycles. The van der Waals surface area contributed by atoms with Gasteiger partial charge in [0.1, 0.15) is 0 Å². The van der Waals surface area contributed by atoms with E-state index in [2.05, 4.69) is 25.4 Å². The molecule has 114 valence electrons. The predicted molar refractivity (Wildman–Crippen MR) is 81.9 cm³/mol. The molecule has 2 heterocycles. The lowest BCUT2D eigenvalue weighted by Crippen LogP contribution is -1.96. The number of aromatic nitrogens is 3. The summed E-state index contributed by atoms with van der Waals surface area (Å²) in [4.78, 5) is 25.9. The lowest BCUT2D eigenvalue weighted by Gasteiger charge is -1.98. The van der Waals surface area contributed by atoms with Crippen molar-refractivity contribution >= 4 is 17.1 Å². The highest BCUT2D eigenvalue weighted by Gasteiger charge is 2.13. The number of nitro groups is 1. The average molecular weight is 310 g/mol. The molecule has 2 N–H and O–H groups in total. The molecule has 0 aliphatic heterocycles. The number of hydrogen-bond acceptors (Lipinski definition) is 6. The van der Waals surface area contributed by atoms with Crippen LogP contribution < -0.4 is 5.56 Å². The van der Waals surface area contributed by atoms with Crippen LogP contribution in [0, 0.1) is 10.1 Å². The molecule has 3 rings (SSSR count). The summed E-state index contributed by atoms with van der Waals surface area (Å²) >= 11 is 0. The van der Waals surface area contributed by atoms with Crippen molar-refractivity contribution in [1.82, 2.24) is 15.2 Å². The van der Waals surface area contributed by atoms with Gasteiger partial charge in [0, 0.05) is 30.1 Å². The molecule has 0 amide bonds. The molecule has 0 atom stereocenters. The van der Waals surface area contributed by atoms with Crippen molar-refractivity contribution in [2.45, 2.75) is 0 Å². The monoisotopic (exact) mass is 310 g/mol. The van der Waals surface area contributed by atoms with Gasteiger partial charge in [0.05, 0.1) is 16.3 Å². The summed E-state index contributed by atoms with van der Waals surface area (Å²) in [7, 11) is 0. The maximum absolute atomic E-state index is 11.8. The minimum atomic E-state index is -0.492. The van der Waals surface area contributed by atoms with Crippen LogP contribution in [0.3, 0.4) is 0 Å². The number of H-pyrrole nitrogens is 2. The van der Waals surface area contributed by atoms with Gasteiger partial charge in [-0.2, -0.15) is 5.11 Å². The fourth-order valence-electron chi connectivity index (χ4n) is 1.92. The van der Waals surface area contributed by atoms with Crippen LogP contribution in [0.15, 0.2) is 63.8 Å². The van der Waals surface area contributed by atoms with E-state index < -0.39 is 10.5 Å². The Morgan fingerprint density at radius 3 is 2.35 bits per heavy atom. The quantitative estimate of drug-likeness (QED) is 0.435. The first-order chi connectivity index (χ1) is 11.1. The standard InChI is InChI=1S/C14H10N6O3/c21-14-13(18-16-10-5-7-15-8-6-10)12(17-19-14)9-1-3-11(4-2-9)20(22)23/h1-8H,(H2,17,19,21). The number of hydrogen-bond donors (Lipinski definition) is 2. The van der Waals surface area contributed by atoms with Crippen LogP contribution in [0.25, 0.3) is 11.3 Å². The highest BCUT2D eigenvalue weighted by atomic mass is 16.6. The zero-order valence-corrected chi connectivity index (χ0v) is 11.6. The highest BCUT2D eigenvalue weighted by molar-refractivity contribution is 5.71. The average Bonchev–Trinajstić information content (AvgIpc) is 2.95. The van der Waals surface area contributed by atoms with Crippen molar-refractivity contribution in [2.24, 2.45) is 10.2 Å². The lowest BCUT2D eigenvalue weighted by atomic mass is 10.1. The van der Waals surface area contributed by atoms with E-state index in [1.807, 2.05) is 0 Å². The summed E-state index contributed by atoms with van der Waals surface area (Å²) in [6.07, 6.45) is 3.12. The number of nitro benzene ring substituents is 1. The van der Waals surface area contributed by atoms with Gasteiger partial charge in [0.25, 0.3) is 11.2 Å². The fourth-order valence-corrected chi connectivity index (χ4v) is 1.92. The Morgan fingerprint density at radius 1 is 1.00 bits per heavy atom. The summed E-state index contributed by atoms with van der Waals surface area (Å²) in [5, 5.41) is 23.7. The second kappa shape index (κ2) is 6.02. The van der Waals surface area contributed by atoms with Gasteiger partial charge >= 0.3 is 0 Å². The third-order valence-corrected chi connectivity index (χ3v) is 3.05. The van der Waals surface area contributed by atoms with E-state index in [0.29, 0.717) is 16.9 Å². The Balaban J connectivity index is 1.97. The van der Waals surface area contributed by atoms with Crippen LogP contribution in [-0.4, -0.2) is 20.1 Å². The topological polar surface area (TPSA) is 129 Å². The van der Waals surface area contributed by atoms with Crippen LogP contribution in [0.2, 0.25) is 0 Å². The summed E-state index contributed by atoms with van der Waals surface area (Å²) < 4.78 is 0. The number of nitrogens with one attached hydrogen (secondary N) is 2.